The fourth-order valence-corrected chi connectivity index (χ4v) is 4.31. The normalized spacial score (nSPS) is 14.8. The Labute approximate surface area is 202 Å². The Balaban J connectivity index is 0.00000181. The van der Waals surface area contributed by atoms with Crippen molar-refractivity contribution in [1.29, 1.82) is 0 Å². The number of piperidine rings is 1. The Hall–Kier alpha value is -2.20. The van der Waals surface area contributed by atoms with Crippen molar-refractivity contribution in [1.82, 2.24) is 4.90 Å². The van der Waals surface area contributed by atoms with Crippen molar-refractivity contribution < 1.29 is 8.78 Å². The molecule has 1 heterocycles. The summed E-state index contributed by atoms with van der Waals surface area (Å²) in [6, 6.07) is 23.8. The van der Waals surface area contributed by atoms with Gasteiger partial charge in [0.25, 0.3) is 0 Å². The Kier molecular flexibility index (Phi) is 10.4. The van der Waals surface area contributed by atoms with Gasteiger partial charge in [0.2, 0.25) is 0 Å². The van der Waals surface area contributed by atoms with Gasteiger partial charge in [-0.05, 0) is 79.2 Å². The SMILES string of the molecule is Cl.Cl.Fc1ccc(C(c2ccc(F)cc2)N2CCC(C/C=C/c3ccccc3)CC2)cc1. The quantitative estimate of drug-likeness (QED) is 0.352. The molecule has 0 spiro atoms. The molecule has 170 valence electrons. The van der Waals surface area contributed by atoms with Crippen molar-refractivity contribution in [3.63, 3.8) is 0 Å². The van der Waals surface area contributed by atoms with Crippen LogP contribution in [0.4, 0.5) is 8.78 Å². The van der Waals surface area contributed by atoms with Crippen LogP contribution < -0.4 is 0 Å². The molecule has 32 heavy (non-hydrogen) atoms. The molecule has 3 aromatic carbocycles. The highest BCUT2D eigenvalue weighted by Gasteiger charge is 2.27. The molecule has 1 aliphatic rings. The highest BCUT2D eigenvalue weighted by Crippen LogP contribution is 2.33. The van der Waals surface area contributed by atoms with Gasteiger partial charge in [0.15, 0.2) is 0 Å². The molecule has 0 N–H and O–H groups in total. The van der Waals surface area contributed by atoms with E-state index >= 15 is 0 Å². The Morgan fingerprint density at radius 3 is 1.75 bits per heavy atom. The molecule has 1 saturated heterocycles. The first-order valence-electron chi connectivity index (χ1n) is 10.7. The third kappa shape index (κ3) is 6.90. The zero-order valence-corrected chi connectivity index (χ0v) is 19.5. The molecule has 3 aromatic rings. The smallest absolute Gasteiger partial charge is 0.123 e. The van der Waals surface area contributed by atoms with E-state index in [0.717, 1.165) is 43.5 Å². The molecule has 0 atom stereocenters. The number of hydrogen-bond donors (Lipinski definition) is 0. The van der Waals surface area contributed by atoms with Crippen LogP contribution in [0.1, 0.15) is 42.0 Å². The van der Waals surface area contributed by atoms with Crippen LogP contribution in [-0.2, 0) is 0 Å². The van der Waals surface area contributed by atoms with E-state index < -0.39 is 0 Å². The fraction of sp³-hybridized carbons (Fsp3) is 0.259. The van der Waals surface area contributed by atoms with Crippen molar-refractivity contribution >= 4 is 30.9 Å². The van der Waals surface area contributed by atoms with E-state index in [-0.39, 0.29) is 42.5 Å². The molecule has 0 saturated carbocycles. The summed E-state index contributed by atoms with van der Waals surface area (Å²) in [5, 5.41) is 0. The van der Waals surface area contributed by atoms with Crippen LogP contribution in [0.2, 0.25) is 0 Å². The van der Waals surface area contributed by atoms with E-state index in [4.69, 9.17) is 0 Å². The topological polar surface area (TPSA) is 3.24 Å². The predicted molar refractivity (Wildman–Crippen MR) is 134 cm³/mol. The first kappa shape index (κ1) is 26.1. The number of halogens is 4. The lowest BCUT2D eigenvalue weighted by molar-refractivity contribution is 0.152. The number of nitrogens with zero attached hydrogens (tertiary/aromatic N) is 1. The first-order valence-corrected chi connectivity index (χ1v) is 10.7. The Morgan fingerprint density at radius 1 is 0.750 bits per heavy atom. The minimum Gasteiger partial charge on any atom is -0.292 e. The monoisotopic (exact) mass is 475 g/mol. The maximum atomic E-state index is 13.5. The van der Waals surface area contributed by atoms with Crippen LogP contribution in [0, 0.1) is 17.6 Å². The van der Waals surface area contributed by atoms with Crippen molar-refractivity contribution in [2.75, 3.05) is 13.1 Å². The van der Waals surface area contributed by atoms with Crippen LogP contribution in [0.5, 0.6) is 0 Å². The van der Waals surface area contributed by atoms with Crippen LogP contribution in [0.15, 0.2) is 84.9 Å². The van der Waals surface area contributed by atoms with Gasteiger partial charge in [-0.25, -0.2) is 8.78 Å². The summed E-state index contributed by atoms with van der Waals surface area (Å²) < 4.78 is 26.9. The zero-order valence-electron chi connectivity index (χ0n) is 17.9. The second-order valence-electron chi connectivity index (χ2n) is 8.03. The maximum absolute atomic E-state index is 13.5. The highest BCUT2D eigenvalue weighted by molar-refractivity contribution is 5.85. The maximum Gasteiger partial charge on any atom is 0.123 e. The number of allylic oxidation sites excluding steroid dienone is 1. The van der Waals surface area contributed by atoms with Crippen LogP contribution in [0.3, 0.4) is 0 Å². The summed E-state index contributed by atoms with van der Waals surface area (Å²) in [7, 11) is 0. The molecule has 0 aromatic heterocycles. The fourth-order valence-electron chi connectivity index (χ4n) is 4.31. The van der Waals surface area contributed by atoms with E-state index in [1.807, 2.05) is 30.3 Å². The third-order valence-corrected chi connectivity index (χ3v) is 5.97. The van der Waals surface area contributed by atoms with E-state index in [2.05, 4.69) is 41.3 Å². The highest BCUT2D eigenvalue weighted by atomic mass is 35.5. The molecular formula is C27H29Cl2F2N. The van der Waals surface area contributed by atoms with Crippen molar-refractivity contribution in [3.8, 4) is 0 Å². The second-order valence-corrected chi connectivity index (χ2v) is 8.03. The van der Waals surface area contributed by atoms with Crippen molar-refractivity contribution in [2.24, 2.45) is 5.92 Å². The summed E-state index contributed by atoms with van der Waals surface area (Å²) in [6.07, 6.45) is 7.82. The van der Waals surface area contributed by atoms with Gasteiger partial charge < -0.3 is 0 Å². The molecule has 1 nitrogen and oxygen atoms in total. The number of benzene rings is 3. The number of rotatable bonds is 6. The molecule has 4 rings (SSSR count). The zero-order chi connectivity index (χ0) is 20.8. The minimum absolute atomic E-state index is 0. The van der Waals surface area contributed by atoms with E-state index in [0.29, 0.717) is 5.92 Å². The van der Waals surface area contributed by atoms with Crippen molar-refractivity contribution in [2.45, 2.75) is 25.3 Å². The van der Waals surface area contributed by atoms with Crippen LogP contribution in [0.25, 0.3) is 6.08 Å². The van der Waals surface area contributed by atoms with Gasteiger partial charge in [-0.1, -0.05) is 66.7 Å². The summed E-state index contributed by atoms with van der Waals surface area (Å²) in [5.41, 5.74) is 3.33. The van der Waals surface area contributed by atoms with Crippen LogP contribution in [-0.4, -0.2) is 18.0 Å². The molecule has 0 aliphatic carbocycles. The molecule has 0 bridgehead atoms. The standard InChI is InChI=1S/C27H27F2N.2ClH/c28-25-13-9-23(10-14-25)27(24-11-15-26(29)16-12-24)30-19-17-22(18-20-30)8-4-7-21-5-2-1-3-6-21;;/h1-7,9-16,22,27H,8,17-20H2;2*1H/b7-4+;;. The van der Waals surface area contributed by atoms with E-state index in [9.17, 15) is 8.78 Å². The first-order chi connectivity index (χ1) is 14.7. The number of likely N-dealkylation sites (tertiary alicyclic amines) is 1. The van der Waals surface area contributed by atoms with E-state index in [1.165, 1.54) is 29.8 Å². The molecular weight excluding hydrogens is 447 g/mol. The average molecular weight is 476 g/mol. The largest absolute Gasteiger partial charge is 0.292 e. The second kappa shape index (κ2) is 12.7. The summed E-state index contributed by atoms with van der Waals surface area (Å²) in [4.78, 5) is 2.44. The van der Waals surface area contributed by atoms with Gasteiger partial charge >= 0.3 is 0 Å². The van der Waals surface area contributed by atoms with Crippen molar-refractivity contribution in [3.05, 3.63) is 113 Å². The third-order valence-electron chi connectivity index (χ3n) is 5.97. The number of hydrogen-bond acceptors (Lipinski definition) is 1. The molecule has 1 fully saturated rings. The Morgan fingerprint density at radius 2 is 1.25 bits per heavy atom. The molecule has 0 unspecified atom stereocenters. The summed E-state index contributed by atoms with van der Waals surface area (Å²) in [5.74, 6) is 0.198. The molecule has 0 radical (unpaired) electrons. The van der Waals surface area contributed by atoms with E-state index in [1.54, 1.807) is 0 Å². The van der Waals surface area contributed by atoms with Gasteiger partial charge in [-0.3, -0.25) is 4.90 Å². The Bertz CT molecular complexity index is 906. The minimum atomic E-state index is -0.236. The average Bonchev–Trinajstić information content (AvgIpc) is 2.78. The van der Waals surface area contributed by atoms with Gasteiger partial charge in [0.1, 0.15) is 11.6 Å². The van der Waals surface area contributed by atoms with Crippen LogP contribution >= 0.6 is 24.8 Å². The lowest BCUT2D eigenvalue weighted by atomic mass is 9.89. The van der Waals surface area contributed by atoms with Gasteiger partial charge in [-0.2, -0.15) is 0 Å². The predicted octanol–water partition coefficient (Wildman–Crippen LogP) is 7.71. The molecule has 0 amide bonds. The lowest BCUT2D eigenvalue weighted by Gasteiger charge is -2.38. The van der Waals surface area contributed by atoms with Gasteiger partial charge in [0.05, 0.1) is 6.04 Å². The summed E-state index contributed by atoms with van der Waals surface area (Å²) >= 11 is 0. The van der Waals surface area contributed by atoms with Gasteiger partial charge in [-0.15, -0.1) is 24.8 Å². The molecule has 1 aliphatic heterocycles. The van der Waals surface area contributed by atoms with Gasteiger partial charge in [0, 0.05) is 0 Å². The summed E-state index contributed by atoms with van der Waals surface area (Å²) in [6.45, 7) is 1.95. The lowest BCUT2D eigenvalue weighted by Crippen LogP contribution is -2.37. The molecule has 5 heteroatoms.